The molecule has 0 atom stereocenters. The van der Waals surface area contributed by atoms with Crippen LogP contribution in [0.15, 0.2) is 35.2 Å². The third-order valence-corrected chi connectivity index (χ3v) is 3.10. The van der Waals surface area contributed by atoms with Gasteiger partial charge in [0.2, 0.25) is 0 Å². The van der Waals surface area contributed by atoms with Crippen LogP contribution >= 0.6 is 15.9 Å². The number of nitrogens with zero attached hydrogens (tertiary/aromatic N) is 2. The molecule has 1 aromatic carbocycles. The summed E-state index contributed by atoms with van der Waals surface area (Å²) in [4.78, 5) is 4.10. The molecule has 0 saturated carbocycles. The number of hydrogen-bond acceptors (Lipinski definition) is 2. The summed E-state index contributed by atoms with van der Waals surface area (Å²) < 4.78 is 15.6. The van der Waals surface area contributed by atoms with Crippen LogP contribution < -0.4 is 5.73 Å². The highest BCUT2D eigenvalue weighted by molar-refractivity contribution is 9.10. The molecule has 0 aliphatic heterocycles. The SMILES string of the molecule is CC(C)(N)c1cncn1-c1ccc(F)cc1Br. The lowest BCUT2D eigenvalue weighted by Crippen LogP contribution is -2.31. The quantitative estimate of drug-likeness (QED) is 0.926. The van der Waals surface area contributed by atoms with E-state index < -0.39 is 5.54 Å². The average molecular weight is 298 g/mol. The standard InChI is InChI=1S/C12H13BrFN3/c1-12(2,15)11-6-16-7-17(11)10-4-3-8(14)5-9(10)13/h3-7H,15H2,1-2H3. The largest absolute Gasteiger partial charge is 0.321 e. The van der Waals surface area contributed by atoms with Gasteiger partial charge in [0.25, 0.3) is 0 Å². The third kappa shape index (κ3) is 2.40. The number of imidazole rings is 1. The number of aromatic nitrogens is 2. The van der Waals surface area contributed by atoms with Crippen LogP contribution in [0.5, 0.6) is 0 Å². The van der Waals surface area contributed by atoms with Crippen LogP contribution in [0.2, 0.25) is 0 Å². The summed E-state index contributed by atoms with van der Waals surface area (Å²) in [5.74, 6) is -0.283. The van der Waals surface area contributed by atoms with Crippen LogP contribution in [0, 0.1) is 5.82 Å². The van der Waals surface area contributed by atoms with E-state index in [0.717, 1.165) is 11.4 Å². The molecule has 2 aromatic rings. The number of nitrogens with two attached hydrogens (primary N) is 1. The van der Waals surface area contributed by atoms with Gasteiger partial charge in [0, 0.05) is 4.47 Å². The lowest BCUT2D eigenvalue weighted by molar-refractivity contribution is 0.524. The molecule has 0 fully saturated rings. The second kappa shape index (κ2) is 4.23. The van der Waals surface area contributed by atoms with E-state index in [1.54, 1.807) is 18.6 Å². The summed E-state index contributed by atoms with van der Waals surface area (Å²) in [5.41, 5.74) is 7.24. The fourth-order valence-corrected chi connectivity index (χ4v) is 2.18. The van der Waals surface area contributed by atoms with Crippen LogP contribution in [0.1, 0.15) is 19.5 Å². The van der Waals surface area contributed by atoms with E-state index in [-0.39, 0.29) is 5.82 Å². The molecule has 90 valence electrons. The van der Waals surface area contributed by atoms with Crippen molar-refractivity contribution in [2.45, 2.75) is 19.4 Å². The van der Waals surface area contributed by atoms with Gasteiger partial charge in [-0.1, -0.05) is 0 Å². The lowest BCUT2D eigenvalue weighted by Gasteiger charge is -2.21. The van der Waals surface area contributed by atoms with E-state index in [4.69, 9.17) is 5.73 Å². The Hall–Kier alpha value is -1.20. The van der Waals surface area contributed by atoms with E-state index in [2.05, 4.69) is 20.9 Å². The second-order valence-electron chi connectivity index (χ2n) is 4.47. The van der Waals surface area contributed by atoms with Gasteiger partial charge in [-0.2, -0.15) is 0 Å². The van der Waals surface area contributed by atoms with Gasteiger partial charge >= 0.3 is 0 Å². The number of halogens is 2. The van der Waals surface area contributed by atoms with Gasteiger partial charge < -0.3 is 10.3 Å². The minimum atomic E-state index is -0.510. The van der Waals surface area contributed by atoms with Gasteiger partial charge in [0.1, 0.15) is 5.82 Å². The highest BCUT2D eigenvalue weighted by Crippen LogP contribution is 2.26. The molecule has 0 aliphatic rings. The van der Waals surface area contributed by atoms with Gasteiger partial charge in [-0.25, -0.2) is 9.37 Å². The van der Waals surface area contributed by atoms with E-state index >= 15 is 0 Å². The Kier molecular flexibility index (Phi) is 3.05. The summed E-state index contributed by atoms with van der Waals surface area (Å²) in [6.45, 7) is 3.80. The Balaban J connectivity index is 2.58. The van der Waals surface area contributed by atoms with Gasteiger partial charge in [-0.3, -0.25) is 0 Å². The molecule has 1 heterocycles. The smallest absolute Gasteiger partial charge is 0.124 e. The minimum absolute atomic E-state index is 0.283. The van der Waals surface area contributed by atoms with E-state index in [0.29, 0.717) is 4.47 Å². The zero-order chi connectivity index (χ0) is 12.6. The van der Waals surface area contributed by atoms with Gasteiger partial charge in [-0.05, 0) is 48.0 Å². The Bertz CT molecular complexity index is 543. The molecule has 0 bridgehead atoms. The second-order valence-corrected chi connectivity index (χ2v) is 5.32. The van der Waals surface area contributed by atoms with E-state index in [1.165, 1.54) is 12.1 Å². The van der Waals surface area contributed by atoms with E-state index in [9.17, 15) is 4.39 Å². The van der Waals surface area contributed by atoms with Crippen molar-refractivity contribution in [3.63, 3.8) is 0 Å². The van der Waals surface area contributed by atoms with Crippen molar-refractivity contribution in [1.29, 1.82) is 0 Å². The predicted molar refractivity (Wildman–Crippen MR) is 68.4 cm³/mol. The molecule has 3 nitrogen and oxygen atoms in total. The fraction of sp³-hybridized carbons (Fsp3) is 0.250. The molecule has 0 aliphatic carbocycles. The lowest BCUT2D eigenvalue weighted by atomic mass is 10.0. The molecule has 17 heavy (non-hydrogen) atoms. The van der Waals surface area contributed by atoms with Gasteiger partial charge in [-0.15, -0.1) is 0 Å². The summed E-state index contributed by atoms with van der Waals surface area (Å²) in [6.07, 6.45) is 3.39. The topological polar surface area (TPSA) is 43.8 Å². The molecule has 0 unspecified atom stereocenters. The minimum Gasteiger partial charge on any atom is -0.321 e. The maximum absolute atomic E-state index is 13.0. The van der Waals surface area contributed by atoms with Crippen molar-refractivity contribution in [3.05, 3.63) is 46.7 Å². The van der Waals surface area contributed by atoms with Crippen LogP contribution in [-0.4, -0.2) is 9.55 Å². The summed E-state index contributed by atoms with van der Waals surface area (Å²) in [6, 6.07) is 4.52. The fourth-order valence-electron chi connectivity index (χ4n) is 1.64. The Labute approximate surface area is 108 Å². The Morgan fingerprint density at radius 2 is 2.12 bits per heavy atom. The van der Waals surface area contributed by atoms with E-state index in [1.807, 2.05) is 18.4 Å². The first-order chi connectivity index (χ1) is 7.89. The first-order valence-electron chi connectivity index (χ1n) is 5.17. The molecule has 5 heteroatoms. The maximum Gasteiger partial charge on any atom is 0.124 e. The van der Waals surface area contributed by atoms with Gasteiger partial charge in [0.05, 0.1) is 29.4 Å². The molecule has 2 N–H and O–H groups in total. The predicted octanol–water partition coefficient (Wildman–Crippen LogP) is 2.97. The Morgan fingerprint density at radius 1 is 1.41 bits per heavy atom. The molecule has 0 radical (unpaired) electrons. The number of hydrogen-bond donors (Lipinski definition) is 1. The normalized spacial score (nSPS) is 11.8. The van der Waals surface area contributed by atoms with Crippen molar-refractivity contribution < 1.29 is 4.39 Å². The molecular formula is C12H13BrFN3. The maximum atomic E-state index is 13.0. The highest BCUT2D eigenvalue weighted by atomic mass is 79.9. The number of benzene rings is 1. The Morgan fingerprint density at radius 3 is 2.71 bits per heavy atom. The molecule has 0 spiro atoms. The number of rotatable bonds is 2. The van der Waals surface area contributed by atoms with Crippen LogP contribution in [0.4, 0.5) is 4.39 Å². The van der Waals surface area contributed by atoms with Crippen LogP contribution in [0.3, 0.4) is 0 Å². The van der Waals surface area contributed by atoms with Crippen molar-refractivity contribution >= 4 is 15.9 Å². The summed E-state index contributed by atoms with van der Waals surface area (Å²) in [5, 5.41) is 0. The first-order valence-corrected chi connectivity index (χ1v) is 5.96. The first kappa shape index (κ1) is 12.3. The van der Waals surface area contributed by atoms with Crippen molar-refractivity contribution in [2.24, 2.45) is 5.73 Å². The average Bonchev–Trinajstić information content (AvgIpc) is 2.65. The molecule has 2 rings (SSSR count). The molecule has 0 saturated heterocycles. The van der Waals surface area contributed by atoms with Crippen LogP contribution in [0.25, 0.3) is 5.69 Å². The summed E-state index contributed by atoms with van der Waals surface area (Å²) in [7, 11) is 0. The van der Waals surface area contributed by atoms with Gasteiger partial charge in [0.15, 0.2) is 0 Å². The van der Waals surface area contributed by atoms with Crippen molar-refractivity contribution in [3.8, 4) is 5.69 Å². The molecule has 0 amide bonds. The van der Waals surface area contributed by atoms with Crippen LogP contribution in [-0.2, 0) is 5.54 Å². The summed E-state index contributed by atoms with van der Waals surface area (Å²) >= 11 is 3.34. The monoisotopic (exact) mass is 297 g/mol. The molecule has 1 aromatic heterocycles. The zero-order valence-electron chi connectivity index (χ0n) is 9.61. The van der Waals surface area contributed by atoms with Crippen molar-refractivity contribution in [2.75, 3.05) is 0 Å². The molecular weight excluding hydrogens is 285 g/mol. The third-order valence-electron chi connectivity index (χ3n) is 2.47. The van der Waals surface area contributed by atoms with Crippen molar-refractivity contribution in [1.82, 2.24) is 9.55 Å². The highest BCUT2D eigenvalue weighted by Gasteiger charge is 2.20. The zero-order valence-corrected chi connectivity index (χ0v) is 11.2.